The molecule has 0 aromatic carbocycles. The zero-order chi connectivity index (χ0) is 20.4. The number of carbonyl (C=O) groups excluding carboxylic acids is 1. The molecular formula is C19H25N3O4S3. The molecule has 2 fully saturated rings. The minimum absolute atomic E-state index is 0.00185. The summed E-state index contributed by atoms with van der Waals surface area (Å²) in [7, 11) is -3.06. The topological polar surface area (TPSA) is 89.5 Å². The van der Waals surface area contributed by atoms with Crippen molar-refractivity contribution in [3.8, 4) is 0 Å². The Hall–Kier alpha value is -1.23. The number of nitrogens with zero attached hydrogens (tertiary/aromatic N) is 3. The third-order valence-electron chi connectivity index (χ3n) is 5.42. The van der Waals surface area contributed by atoms with Gasteiger partial charge in [0.2, 0.25) is 5.91 Å². The van der Waals surface area contributed by atoms with E-state index in [2.05, 4.69) is 23.0 Å². The summed E-state index contributed by atoms with van der Waals surface area (Å²) in [5.74, 6) is 0.386. The van der Waals surface area contributed by atoms with Gasteiger partial charge in [-0.15, -0.1) is 11.3 Å². The molecule has 0 N–H and O–H groups in total. The summed E-state index contributed by atoms with van der Waals surface area (Å²) in [5, 5.41) is 1.79. The first-order chi connectivity index (χ1) is 13.9. The number of rotatable bonds is 7. The first kappa shape index (κ1) is 21.0. The highest BCUT2D eigenvalue weighted by Gasteiger charge is 2.36. The molecule has 29 heavy (non-hydrogen) atoms. The van der Waals surface area contributed by atoms with Crippen molar-refractivity contribution in [1.29, 1.82) is 0 Å². The van der Waals surface area contributed by atoms with Gasteiger partial charge in [-0.2, -0.15) is 0 Å². The van der Waals surface area contributed by atoms with Crippen molar-refractivity contribution in [2.45, 2.75) is 49.8 Å². The van der Waals surface area contributed by atoms with Gasteiger partial charge in [-0.25, -0.2) is 18.4 Å². The summed E-state index contributed by atoms with van der Waals surface area (Å²) < 4.78 is 29.7. The Morgan fingerprint density at radius 2 is 2.24 bits per heavy atom. The molecule has 2 aliphatic rings. The molecule has 0 aliphatic carbocycles. The van der Waals surface area contributed by atoms with Crippen molar-refractivity contribution in [2.24, 2.45) is 0 Å². The molecule has 4 rings (SSSR count). The van der Waals surface area contributed by atoms with E-state index in [1.54, 1.807) is 22.6 Å². The Morgan fingerprint density at radius 1 is 1.38 bits per heavy atom. The van der Waals surface area contributed by atoms with Crippen LogP contribution in [0.15, 0.2) is 17.4 Å². The molecule has 10 heteroatoms. The van der Waals surface area contributed by atoms with Crippen molar-refractivity contribution in [2.75, 3.05) is 30.4 Å². The van der Waals surface area contributed by atoms with Gasteiger partial charge in [0, 0.05) is 29.5 Å². The molecule has 1 amide bonds. The van der Waals surface area contributed by atoms with Crippen LogP contribution in [0.3, 0.4) is 0 Å². The fourth-order valence-corrected chi connectivity index (χ4v) is 7.46. The molecule has 0 bridgehead atoms. The van der Waals surface area contributed by atoms with E-state index in [1.807, 2.05) is 0 Å². The van der Waals surface area contributed by atoms with Crippen LogP contribution in [-0.2, 0) is 25.8 Å². The van der Waals surface area contributed by atoms with E-state index in [9.17, 15) is 13.2 Å². The maximum atomic E-state index is 13.1. The summed E-state index contributed by atoms with van der Waals surface area (Å²) in [5.41, 5.74) is 0. The van der Waals surface area contributed by atoms with Crippen LogP contribution in [0.4, 0.5) is 0 Å². The van der Waals surface area contributed by atoms with Gasteiger partial charge in [0.05, 0.1) is 23.4 Å². The van der Waals surface area contributed by atoms with E-state index in [4.69, 9.17) is 4.74 Å². The summed E-state index contributed by atoms with van der Waals surface area (Å²) >= 11 is 3.05. The number of hydrogen-bond acceptors (Lipinski definition) is 8. The van der Waals surface area contributed by atoms with E-state index in [-0.39, 0.29) is 35.3 Å². The minimum Gasteiger partial charge on any atom is -0.376 e. The highest BCUT2D eigenvalue weighted by Crippen LogP contribution is 2.31. The summed E-state index contributed by atoms with van der Waals surface area (Å²) in [6.07, 6.45) is 4.89. The molecule has 2 aliphatic heterocycles. The molecule has 0 radical (unpaired) electrons. The second-order valence-corrected chi connectivity index (χ2v) is 11.8. The van der Waals surface area contributed by atoms with Gasteiger partial charge in [-0.3, -0.25) is 4.79 Å². The van der Waals surface area contributed by atoms with Gasteiger partial charge in [0.25, 0.3) is 0 Å². The molecule has 2 atom stereocenters. The lowest BCUT2D eigenvalue weighted by molar-refractivity contribution is -0.131. The molecule has 2 aromatic rings. The van der Waals surface area contributed by atoms with Crippen molar-refractivity contribution in [1.82, 2.24) is 14.9 Å². The molecule has 0 unspecified atom stereocenters. The van der Waals surface area contributed by atoms with Crippen LogP contribution >= 0.6 is 23.1 Å². The number of sulfone groups is 1. The molecule has 0 spiro atoms. The zero-order valence-electron chi connectivity index (χ0n) is 16.4. The first-order valence-electron chi connectivity index (χ1n) is 9.93. The lowest BCUT2D eigenvalue weighted by Crippen LogP contribution is -2.46. The molecular weight excluding hydrogens is 430 g/mol. The van der Waals surface area contributed by atoms with Crippen LogP contribution < -0.4 is 0 Å². The smallest absolute Gasteiger partial charge is 0.233 e. The van der Waals surface area contributed by atoms with E-state index in [0.29, 0.717) is 19.6 Å². The number of ether oxygens (including phenoxy) is 1. The van der Waals surface area contributed by atoms with Gasteiger partial charge >= 0.3 is 0 Å². The van der Waals surface area contributed by atoms with Crippen LogP contribution in [0.5, 0.6) is 0 Å². The molecule has 4 heterocycles. The van der Waals surface area contributed by atoms with Gasteiger partial charge in [0.15, 0.2) is 9.84 Å². The van der Waals surface area contributed by atoms with Gasteiger partial charge < -0.3 is 9.64 Å². The zero-order valence-corrected chi connectivity index (χ0v) is 18.8. The van der Waals surface area contributed by atoms with Gasteiger partial charge in [-0.05, 0) is 31.7 Å². The molecule has 2 saturated heterocycles. The maximum Gasteiger partial charge on any atom is 0.233 e. The minimum atomic E-state index is -3.06. The van der Waals surface area contributed by atoms with Crippen molar-refractivity contribution in [3.63, 3.8) is 0 Å². The number of thiophene rings is 1. The normalized spacial score (nSPS) is 23.6. The summed E-state index contributed by atoms with van der Waals surface area (Å²) in [6.45, 7) is 3.28. The molecule has 2 aromatic heterocycles. The first-order valence-corrected chi connectivity index (χ1v) is 13.5. The lowest BCUT2D eigenvalue weighted by Gasteiger charge is -2.30. The number of amides is 1. The number of carbonyl (C=O) groups is 1. The molecule has 0 saturated carbocycles. The summed E-state index contributed by atoms with van der Waals surface area (Å²) in [6, 6.07) is 1.84. The van der Waals surface area contributed by atoms with E-state index in [0.717, 1.165) is 34.5 Å². The van der Waals surface area contributed by atoms with E-state index >= 15 is 0 Å². The van der Waals surface area contributed by atoms with E-state index < -0.39 is 9.84 Å². The highest BCUT2D eigenvalue weighted by atomic mass is 32.2. The number of fused-ring (bicyclic) bond motifs is 1. The number of aryl methyl sites for hydroxylation is 1. The number of hydrogen-bond donors (Lipinski definition) is 0. The van der Waals surface area contributed by atoms with Crippen LogP contribution in [-0.4, -0.2) is 71.7 Å². The van der Waals surface area contributed by atoms with Crippen LogP contribution in [0.25, 0.3) is 10.2 Å². The largest absolute Gasteiger partial charge is 0.376 e. The van der Waals surface area contributed by atoms with Gasteiger partial charge in [0.1, 0.15) is 16.2 Å². The Balaban J connectivity index is 1.48. The molecule has 158 valence electrons. The average molecular weight is 456 g/mol. The van der Waals surface area contributed by atoms with Crippen molar-refractivity contribution in [3.05, 3.63) is 17.3 Å². The predicted molar refractivity (Wildman–Crippen MR) is 115 cm³/mol. The van der Waals surface area contributed by atoms with Crippen molar-refractivity contribution >= 4 is 49.1 Å². The van der Waals surface area contributed by atoms with Crippen LogP contribution in [0.2, 0.25) is 0 Å². The quantitative estimate of drug-likeness (QED) is 0.468. The second kappa shape index (κ2) is 8.87. The second-order valence-electron chi connectivity index (χ2n) is 7.49. The number of thioether (sulfide) groups is 1. The SMILES string of the molecule is CCc1cc2c(SCC(=O)N(C[C@H]3CCCO3)[C@@H]3CCS(=O)(=O)C3)ncnc2s1. The molecule has 7 nitrogen and oxygen atoms in total. The monoisotopic (exact) mass is 455 g/mol. The Bertz CT molecular complexity index is 986. The Morgan fingerprint density at radius 3 is 2.93 bits per heavy atom. The van der Waals surface area contributed by atoms with Crippen molar-refractivity contribution < 1.29 is 17.9 Å². The highest BCUT2D eigenvalue weighted by molar-refractivity contribution is 8.00. The lowest BCUT2D eigenvalue weighted by atomic mass is 10.1. The Kier molecular flexibility index (Phi) is 6.43. The maximum absolute atomic E-state index is 13.1. The fourth-order valence-electron chi connectivity index (χ4n) is 3.87. The average Bonchev–Trinajstić information content (AvgIpc) is 3.43. The van der Waals surface area contributed by atoms with Gasteiger partial charge in [-0.1, -0.05) is 18.7 Å². The van der Waals surface area contributed by atoms with Crippen LogP contribution in [0.1, 0.15) is 31.1 Å². The standard InChI is InChI=1S/C19H25N3O4S3/c1-2-15-8-16-18(20-12-21-19(16)28-15)27-10-17(23)22(9-14-4-3-6-26-14)13-5-7-29(24,25)11-13/h8,12-14H,2-7,9-11H2,1H3/t13-,14-/m1/s1. The Labute approximate surface area is 179 Å². The number of aromatic nitrogens is 2. The van der Waals surface area contributed by atoms with E-state index in [1.165, 1.54) is 16.6 Å². The fraction of sp³-hybridized carbons (Fsp3) is 0.632. The summed E-state index contributed by atoms with van der Waals surface area (Å²) in [4.78, 5) is 25.7. The third kappa shape index (κ3) is 4.92. The van der Waals surface area contributed by atoms with Crippen LogP contribution in [0, 0.1) is 0 Å². The predicted octanol–water partition coefficient (Wildman–Crippen LogP) is 2.54. The third-order valence-corrected chi connectivity index (χ3v) is 9.35.